The molecular weight excluding hydrogens is 258 g/mol. The Labute approximate surface area is 117 Å². The van der Waals surface area contributed by atoms with E-state index >= 15 is 0 Å². The number of amides is 1. The molecule has 4 heteroatoms. The fraction of sp³-hybridized carbons (Fsp3) is 0.400. The van der Waals surface area contributed by atoms with Gasteiger partial charge >= 0.3 is 0 Å². The van der Waals surface area contributed by atoms with E-state index in [1.807, 2.05) is 30.0 Å². The zero-order valence-electron chi connectivity index (χ0n) is 10.7. The molecule has 2 N–H and O–H groups in total. The second-order valence-electron chi connectivity index (χ2n) is 4.35. The van der Waals surface area contributed by atoms with Crippen molar-refractivity contribution in [2.45, 2.75) is 18.9 Å². The van der Waals surface area contributed by atoms with E-state index in [-0.39, 0.29) is 18.6 Å². The van der Waals surface area contributed by atoms with Crippen molar-refractivity contribution < 1.29 is 9.90 Å². The molecule has 1 amide bonds. The van der Waals surface area contributed by atoms with Gasteiger partial charge in [0.25, 0.3) is 5.91 Å². The van der Waals surface area contributed by atoms with E-state index in [0.29, 0.717) is 12.0 Å². The zero-order valence-corrected chi connectivity index (χ0v) is 11.5. The zero-order chi connectivity index (χ0) is 13.5. The molecule has 1 aromatic rings. The number of rotatable bonds is 3. The molecular formula is C15H17NO2S. The fourth-order valence-electron chi connectivity index (χ4n) is 1.92. The molecule has 1 aliphatic rings. The Morgan fingerprint density at radius 1 is 1.47 bits per heavy atom. The van der Waals surface area contributed by atoms with Gasteiger partial charge in [0.2, 0.25) is 0 Å². The van der Waals surface area contributed by atoms with Crippen molar-refractivity contribution in [2.75, 3.05) is 18.1 Å². The summed E-state index contributed by atoms with van der Waals surface area (Å²) >= 11 is 1.87. The van der Waals surface area contributed by atoms with Crippen molar-refractivity contribution in [1.29, 1.82) is 0 Å². The molecule has 0 saturated carbocycles. The second kappa shape index (κ2) is 7.22. The van der Waals surface area contributed by atoms with E-state index in [1.54, 1.807) is 6.07 Å². The normalized spacial score (nSPS) is 17.6. The molecule has 1 aromatic carbocycles. The Morgan fingerprint density at radius 2 is 2.32 bits per heavy atom. The lowest BCUT2D eigenvalue weighted by Crippen LogP contribution is -2.34. The number of aliphatic hydroxyl groups is 1. The molecule has 19 heavy (non-hydrogen) atoms. The van der Waals surface area contributed by atoms with E-state index in [2.05, 4.69) is 17.2 Å². The minimum absolute atomic E-state index is 0.0423. The highest BCUT2D eigenvalue weighted by molar-refractivity contribution is 7.99. The Morgan fingerprint density at radius 3 is 3.05 bits per heavy atom. The molecule has 0 radical (unpaired) electrons. The first-order valence-electron chi connectivity index (χ1n) is 6.38. The molecule has 0 aromatic heterocycles. The van der Waals surface area contributed by atoms with Crippen molar-refractivity contribution in [3.63, 3.8) is 0 Å². The van der Waals surface area contributed by atoms with Crippen LogP contribution in [0.1, 0.15) is 28.8 Å². The van der Waals surface area contributed by atoms with Crippen LogP contribution in [0.25, 0.3) is 0 Å². The van der Waals surface area contributed by atoms with Crippen LogP contribution >= 0.6 is 11.8 Å². The minimum Gasteiger partial charge on any atom is -0.395 e. The predicted molar refractivity (Wildman–Crippen MR) is 78.2 cm³/mol. The summed E-state index contributed by atoms with van der Waals surface area (Å²) in [6, 6.07) is 7.61. The third-order valence-corrected chi connectivity index (χ3v) is 4.06. The summed E-state index contributed by atoms with van der Waals surface area (Å²) in [6.07, 6.45) is 1.46. The molecule has 0 aliphatic carbocycles. The largest absolute Gasteiger partial charge is 0.395 e. The molecule has 100 valence electrons. The third-order valence-electron chi connectivity index (χ3n) is 2.90. The SMILES string of the molecule is O=C(NC1CCSC1)c1ccccc1C#CCCO. The van der Waals surface area contributed by atoms with Crippen molar-refractivity contribution in [3.05, 3.63) is 35.4 Å². The van der Waals surface area contributed by atoms with Gasteiger partial charge in [0.1, 0.15) is 0 Å². The molecule has 1 aliphatic heterocycles. The number of hydrogen-bond acceptors (Lipinski definition) is 3. The summed E-state index contributed by atoms with van der Waals surface area (Å²) in [5.41, 5.74) is 1.34. The lowest BCUT2D eigenvalue weighted by molar-refractivity contribution is 0.0941. The van der Waals surface area contributed by atoms with Crippen molar-refractivity contribution in [2.24, 2.45) is 0 Å². The molecule has 1 atom stereocenters. The smallest absolute Gasteiger partial charge is 0.252 e. The van der Waals surface area contributed by atoms with Gasteiger partial charge in [0.05, 0.1) is 12.2 Å². The van der Waals surface area contributed by atoms with E-state index in [1.165, 1.54) is 0 Å². The van der Waals surface area contributed by atoms with Crippen LogP contribution < -0.4 is 5.32 Å². The van der Waals surface area contributed by atoms with Gasteiger partial charge in [-0.3, -0.25) is 4.79 Å². The molecule has 1 unspecified atom stereocenters. The summed E-state index contributed by atoms with van der Waals surface area (Å²) < 4.78 is 0. The van der Waals surface area contributed by atoms with Crippen LogP contribution in [0.2, 0.25) is 0 Å². The second-order valence-corrected chi connectivity index (χ2v) is 5.50. The summed E-state index contributed by atoms with van der Waals surface area (Å²) in [6.45, 7) is 0.0423. The van der Waals surface area contributed by atoms with E-state index in [0.717, 1.165) is 23.5 Å². The molecule has 1 fully saturated rings. The van der Waals surface area contributed by atoms with Gasteiger partial charge in [-0.05, 0) is 24.3 Å². The summed E-state index contributed by atoms with van der Waals surface area (Å²) in [5, 5.41) is 11.8. The number of benzene rings is 1. The fourth-order valence-corrected chi connectivity index (χ4v) is 3.07. The topological polar surface area (TPSA) is 49.3 Å². The Balaban J connectivity index is 2.10. The molecule has 0 bridgehead atoms. The molecule has 0 spiro atoms. The van der Waals surface area contributed by atoms with Gasteiger partial charge in [-0.25, -0.2) is 0 Å². The third kappa shape index (κ3) is 4.02. The molecule has 1 heterocycles. The highest BCUT2D eigenvalue weighted by atomic mass is 32.2. The molecule has 3 nitrogen and oxygen atoms in total. The van der Waals surface area contributed by atoms with E-state index in [9.17, 15) is 4.79 Å². The first-order valence-corrected chi connectivity index (χ1v) is 7.54. The number of carbonyl (C=O) groups is 1. The Hall–Kier alpha value is -1.44. The van der Waals surface area contributed by atoms with Crippen molar-refractivity contribution in [1.82, 2.24) is 5.32 Å². The van der Waals surface area contributed by atoms with Gasteiger partial charge in [-0.1, -0.05) is 24.0 Å². The Bertz CT molecular complexity index is 498. The van der Waals surface area contributed by atoms with Crippen LogP contribution in [-0.2, 0) is 0 Å². The predicted octanol–water partition coefficient (Wildman–Crippen LogP) is 1.66. The number of carbonyl (C=O) groups excluding carboxylic acids is 1. The van der Waals surface area contributed by atoms with Crippen molar-refractivity contribution >= 4 is 17.7 Å². The Kier molecular flexibility index (Phi) is 5.31. The van der Waals surface area contributed by atoms with Gasteiger partial charge in [0.15, 0.2) is 0 Å². The van der Waals surface area contributed by atoms with Crippen LogP contribution in [0.3, 0.4) is 0 Å². The maximum atomic E-state index is 12.2. The lowest BCUT2D eigenvalue weighted by atomic mass is 10.1. The number of thioether (sulfide) groups is 1. The first-order chi connectivity index (χ1) is 9.31. The van der Waals surface area contributed by atoms with Crippen molar-refractivity contribution in [3.8, 4) is 11.8 Å². The van der Waals surface area contributed by atoms with Gasteiger partial charge in [-0.2, -0.15) is 11.8 Å². The van der Waals surface area contributed by atoms with Crippen LogP contribution in [0, 0.1) is 11.8 Å². The lowest BCUT2D eigenvalue weighted by Gasteiger charge is -2.12. The molecule has 1 saturated heterocycles. The van der Waals surface area contributed by atoms with Crippen LogP contribution in [0.4, 0.5) is 0 Å². The van der Waals surface area contributed by atoms with Crippen LogP contribution in [0.5, 0.6) is 0 Å². The number of nitrogens with one attached hydrogen (secondary N) is 1. The summed E-state index contributed by atoms with van der Waals surface area (Å²) in [4.78, 5) is 12.2. The van der Waals surface area contributed by atoms with E-state index < -0.39 is 0 Å². The highest BCUT2D eigenvalue weighted by Crippen LogP contribution is 2.18. The van der Waals surface area contributed by atoms with Gasteiger partial charge < -0.3 is 10.4 Å². The van der Waals surface area contributed by atoms with E-state index in [4.69, 9.17) is 5.11 Å². The quantitative estimate of drug-likeness (QED) is 0.825. The number of aliphatic hydroxyl groups excluding tert-OH is 1. The van der Waals surface area contributed by atoms with Gasteiger partial charge in [0, 0.05) is 23.8 Å². The standard InChI is InChI=1S/C15H17NO2S/c17-9-4-3-6-12-5-1-2-7-14(12)15(18)16-13-8-10-19-11-13/h1-2,5,7,13,17H,4,8-11H2,(H,16,18). The van der Waals surface area contributed by atoms with Crippen LogP contribution in [-0.4, -0.2) is 35.2 Å². The highest BCUT2D eigenvalue weighted by Gasteiger charge is 2.19. The number of hydrogen-bond donors (Lipinski definition) is 2. The van der Waals surface area contributed by atoms with Crippen LogP contribution in [0.15, 0.2) is 24.3 Å². The maximum Gasteiger partial charge on any atom is 0.252 e. The molecule has 2 rings (SSSR count). The van der Waals surface area contributed by atoms with Gasteiger partial charge in [-0.15, -0.1) is 0 Å². The maximum absolute atomic E-state index is 12.2. The average Bonchev–Trinajstić information content (AvgIpc) is 2.92. The first kappa shape index (κ1) is 14.0. The summed E-state index contributed by atoms with van der Waals surface area (Å²) in [5.74, 6) is 7.85. The minimum atomic E-state index is -0.0543. The average molecular weight is 275 g/mol. The monoisotopic (exact) mass is 275 g/mol. The summed E-state index contributed by atoms with van der Waals surface area (Å²) in [7, 11) is 0.